The van der Waals surface area contributed by atoms with Crippen molar-refractivity contribution in [2.24, 2.45) is 0 Å². The van der Waals surface area contributed by atoms with Crippen molar-refractivity contribution in [3.05, 3.63) is 23.9 Å². The molecule has 68 valence electrons. The predicted molar refractivity (Wildman–Crippen MR) is 48.1 cm³/mol. The standard InChI is InChI=1S/C7H9NO2.C2H6/c1-10-7-4-2-3-6(5-9)8-7;1-2/h2-4,9H,5H2,1H3;1-2H3. The highest BCUT2D eigenvalue weighted by Gasteiger charge is 1.93. The minimum Gasteiger partial charge on any atom is -0.481 e. The number of hydrogen-bond acceptors (Lipinski definition) is 3. The fraction of sp³-hybridized carbons (Fsp3) is 0.444. The summed E-state index contributed by atoms with van der Waals surface area (Å²) in [5.74, 6) is 0.534. The summed E-state index contributed by atoms with van der Waals surface area (Å²) in [6.07, 6.45) is 0. The van der Waals surface area contributed by atoms with E-state index in [2.05, 4.69) is 4.98 Å². The molecule has 0 bridgehead atoms. The highest BCUT2D eigenvalue weighted by molar-refractivity contribution is 5.14. The van der Waals surface area contributed by atoms with Gasteiger partial charge in [0.25, 0.3) is 0 Å². The van der Waals surface area contributed by atoms with Crippen molar-refractivity contribution in [3.63, 3.8) is 0 Å². The van der Waals surface area contributed by atoms with Crippen LogP contribution in [0.3, 0.4) is 0 Å². The third-order valence-electron chi connectivity index (χ3n) is 1.15. The smallest absolute Gasteiger partial charge is 0.213 e. The summed E-state index contributed by atoms with van der Waals surface area (Å²) in [7, 11) is 1.55. The lowest BCUT2D eigenvalue weighted by atomic mass is 10.4. The first-order valence-electron chi connectivity index (χ1n) is 3.97. The maximum atomic E-state index is 8.64. The molecular formula is C9H15NO2. The lowest BCUT2D eigenvalue weighted by Crippen LogP contribution is -1.91. The molecule has 1 rings (SSSR count). The van der Waals surface area contributed by atoms with Crippen LogP contribution >= 0.6 is 0 Å². The zero-order valence-electron chi connectivity index (χ0n) is 7.74. The number of rotatable bonds is 2. The fourth-order valence-corrected chi connectivity index (χ4v) is 0.659. The molecule has 0 aromatic carbocycles. The Balaban J connectivity index is 0.000000561. The molecule has 0 saturated heterocycles. The third-order valence-corrected chi connectivity index (χ3v) is 1.15. The van der Waals surface area contributed by atoms with Crippen LogP contribution in [0.15, 0.2) is 18.2 Å². The van der Waals surface area contributed by atoms with Crippen LogP contribution in [-0.2, 0) is 6.61 Å². The monoisotopic (exact) mass is 169 g/mol. The normalized spacial score (nSPS) is 8.33. The summed E-state index contributed by atoms with van der Waals surface area (Å²) in [5, 5.41) is 8.64. The number of nitrogens with zero attached hydrogens (tertiary/aromatic N) is 1. The molecule has 1 N–H and O–H groups in total. The van der Waals surface area contributed by atoms with Gasteiger partial charge in [-0.1, -0.05) is 19.9 Å². The van der Waals surface area contributed by atoms with Gasteiger partial charge in [-0.2, -0.15) is 0 Å². The summed E-state index contributed by atoms with van der Waals surface area (Å²) in [5.41, 5.74) is 0.624. The lowest BCUT2D eigenvalue weighted by Gasteiger charge is -1.98. The molecule has 1 heterocycles. The van der Waals surface area contributed by atoms with Crippen LogP contribution in [0.5, 0.6) is 5.88 Å². The summed E-state index contributed by atoms with van der Waals surface area (Å²) in [6, 6.07) is 5.26. The molecule has 0 saturated carbocycles. The minimum atomic E-state index is -0.0444. The minimum absolute atomic E-state index is 0.0444. The van der Waals surface area contributed by atoms with Gasteiger partial charge < -0.3 is 9.84 Å². The van der Waals surface area contributed by atoms with E-state index in [0.717, 1.165) is 0 Å². The molecule has 0 radical (unpaired) electrons. The summed E-state index contributed by atoms with van der Waals surface area (Å²) in [4.78, 5) is 3.94. The van der Waals surface area contributed by atoms with Crippen LogP contribution in [0.2, 0.25) is 0 Å². The Hall–Kier alpha value is -1.09. The van der Waals surface area contributed by atoms with Crippen molar-refractivity contribution < 1.29 is 9.84 Å². The molecule has 3 heteroatoms. The number of aliphatic hydroxyl groups is 1. The first-order valence-corrected chi connectivity index (χ1v) is 3.97. The Kier molecular flexibility index (Phi) is 6.01. The van der Waals surface area contributed by atoms with E-state index in [-0.39, 0.29) is 6.61 Å². The first-order chi connectivity index (χ1) is 5.86. The second-order valence-electron chi connectivity index (χ2n) is 1.83. The van der Waals surface area contributed by atoms with Crippen LogP contribution in [0.4, 0.5) is 0 Å². The number of methoxy groups -OCH3 is 1. The van der Waals surface area contributed by atoms with Gasteiger partial charge in [-0.15, -0.1) is 0 Å². The number of ether oxygens (including phenoxy) is 1. The van der Waals surface area contributed by atoms with E-state index in [4.69, 9.17) is 9.84 Å². The molecule has 0 aliphatic rings. The summed E-state index contributed by atoms with van der Waals surface area (Å²) in [6.45, 7) is 3.96. The van der Waals surface area contributed by atoms with Crippen molar-refractivity contribution in [1.29, 1.82) is 0 Å². The largest absolute Gasteiger partial charge is 0.481 e. The van der Waals surface area contributed by atoms with Crippen molar-refractivity contribution in [3.8, 4) is 5.88 Å². The van der Waals surface area contributed by atoms with E-state index in [9.17, 15) is 0 Å². The molecule has 1 aromatic heterocycles. The second-order valence-corrected chi connectivity index (χ2v) is 1.83. The van der Waals surface area contributed by atoms with Crippen LogP contribution < -0.4 is 4.74 Å². The molecule has 12 heavy (non-hydrogen) atoms. The van der Waals surface area contributed by atoms with Crippen molar-refractivity contribution >= 4 is 0 Å². The van der Waals surface area contributed by atoms with Gasteiger partial charge in [0, 0.05) is 6.07 Å². The highest BCUT2D eigenvalue weighted by atomic mass is 16.5. The molecular weight excluding hydrogens is 154 g/mol. The number of pyridine rings is 1. The molecule has 0 unspecified atom stereocenters. The van der Waals surface area contributed by atoms with Gasteiger partial charge in [0.15, 0.2) is 0 Å². The second kappa shape index (κ2) is 6.61. The quantitative estimate of drug-likeness (QED) is 0.731. The first kappa shape index (κ1) is 10.9. The molecule has 0 atom stereocenters. The average Bonchev–Trinajstić information content (AvgIpc) is 2.21. The Morgan fingerprint density at radius 2 is 2.08 bits per heavy atom. The van der Waals surface area contributed by atoms with Gasteiger partial charge in [0.05, 0.1) is 19.4 Å². The number of aromatic nitrogens is 1. The third kappa shape index (κ3) is 3.34. The zero-order chi connectivity index (χ0) is 9.40. The van der Waals surface area contributed by atoms with Crippen molar-refractivity contribution in [2.75, 3.05) is 7.11 Å². The van der Waals surface area contributed by atoms with Crippen LogP contribution in [0.25, 0.3) is 0 Å². The van der Waals surface area contributed by atoms with Gasteiger partial charge in [0.1, 0.15) is 0 Å². The fourth-order valence-electron chi connectivity index (χ4n) is 0.659. The number of aliphatic hydroxyl groups excluding tert-OH is 1. The van der Waals surface area contributed by atoms with E-state index >= 15 is 0 Å². The summed E-state index contributed by atoms with van der Waals surface area (Å²) < 4.78 is 4.83. The molecule has 3 nitrogen and oxygen atoms in total. The molecule has 0 aliphatic heterocycles. The van der Waals surface area contributed by atoms with E-state index in [1.165, 1.54) is 0 Å². The molecule has 0 amide bonds. The van der Waals surface area contributed by atoms with Crippen LogP contribution in [0, 0.1) is 0 Å². The van der Waals surface area contributed by atoms with Crippen molar-refractivity contribution in [2.45, 2.75) is 20.5 Å². The zero-order valence-corrected chi connectivity index (χ0v) is 7.74. The highest BCUT2D eigenvalue weighted by Crippen LogP contribution is 2.05. The number of hydrogen-bond donors (Lipinski definition) is 1. The van der Waals surface area contributed by atoms with E-state index in [1.54, 1.807) is 25.3 Å². The Labute approximate surface area is 73.0 Å². The Bertz CT molecular complexity index is 194. The molecule has 1 aromatic rings. The maximum absolute atomic E-state index is 8.64. The van der Waals surface area contributed by atoms with Gasteiger partial charge in [0.2, 0.25) is 5.88 Å². The summed E-state index contributed by atoms with van der Waals surface area (Å²) >= 11 is 0. The SMILES string of the molecule is CC.COc1cccc(CO)n1. The molecule has 0 spiro atoms. The maximum Gasteiger partial charge on any atom is 0.213 e. The topological polar surface area (TPSA) is 42.4 Å². The van der Waals surface area contributed by atoms with E-state index in [0.29, 0.717) is 11.6 Å². The van der Waals surface area contributed by atoms with Gasteiger partial charge in [-0.25, -0.2) is 4.98 Å². The van der Waals surface area contributed by atoms with Crippen LogP contribution in [0.1, 0.15) is 19.5 Å². The average molecular weight is 169 g/mol. The van der Waals surface area contributed by atoms with E-state index < -0.39 is 0 Å². The van der Waals surface area contributed by atoms with E-state index in [1.807, 2.05) is 13.8 Å². The Morgan fingerprint density at radius 3 is 2.58 bits per heavy atom. The van der Waals surface area contributed by atoms with Gasteiger partial charge >= 0.3 is 0 Å². The predicted octanol–water partition coefficient (Wildman–Crippen LogP) is 1.61. The molecule has 0 fully saturated rings. The molecule has 0 aliphatic carbocycles. The Morgan fingerprint density at radius 1 is 1.42 bits per heavy atom. The van der Waals surface area contributed by atoms with Gasteiger partial charge in [-0.3, -0.25) is 0 Å². The van der Waals surface area contributed by atoms with Crippen LogP contribution in [-0.4, -0.2) is 17.2 Å². The van der Waals surface area contributed by atoms with Crippen molar-refractivity contribution in [1.82, 2.24) is 4.98 Å². The van der Waals surface area contributed by atoms with Gasteiger partial charge in [-0.05, 0) is 6.07 Å². The lowest BCUT2D eigenvalue weighted by molar-refractivity contribution is 0.274.